The summed E-state index contributed by atoms with van der Waals surface area (Å²) in [7, 11) is 0. The predicted molar refractivity (Wildman–Crippen MR) is 84.4 cm³/mol. The molecule has 26 heavy (non-hydrogen) atoms. The van der Waals surface area contributed by atoms with Gasteiger partial charge in [0.2, 0.25) is 0 Å². The van der Waals surface area contributed by atoms with Crippen molar-refractivity contribution in [1.29, 1.82) is 0 Å². The highest BCUT2D eigenvalue weighted by Gasteiger charge is 2.37. The Kier molecular flexibility index (Phi) is 3.74. The summed E-state index contributed by atoms with van der Waals surface area (Å²) in [5, 5.41) is 3.77. The van der Waals surface area contributed by atoms with Gasteiger partial charge in [-0.25, -0.2) is 9.50 Å². The quantitative estimate of drug-likeness (QED) is 0.697. The van der Waals surface area contributed by atoms with E-state index in [4.69, 9.17) is 4.42 Å². The Labute approximate surface area is 146 Å². The summed E-state index contributed by atoms with van der Waals surface area (Å²) in [6.45, 7) is 1.96. The Balaban J connectivity index is 1.77. The van der Waals surface area contributed by atoms with Gasteiger partial charge in [0.25, 0.3) is 5.91 Å². The molecule has 0 N–H and O–H groups in total. The first-order valence-electron chi connectivity index (χ1n) is 8.13. The van der Waals surface area contributed by atoms with E-state index in [9.17, 15) is 18.0 Å². The van der Waals surface area contributed by atoms with Crippen molar-refractivity contribution < 1.29 is 22.4 Å². The number of aromatic nitrogens is 3. The second-order valence-electron chi connectivity index (χ2n) is 6.25. The number of amides is 1. The molecule has 1 unspecified atom stereocenters. The summed E-state index contributed by atoms with van der Waals surface area (Å²) in [6, 6.07) is 4.21. The highest BCUT2D eigenvalue weighted by molar-refractivity contribution is 6.00. The van der Waals surface area contributed by atoms with Gasteiger partial charge in [-0.1, -0.05) is 0 Å². The van der Waals surface area contributed by atoms with E-state index in [1.54, 1.807) is 17.0 Å². The van der Waals surface area contributed by atoms with Gasteiger partial charge in [-0.15, -0.1) is 0 Å². The molecule has 6 nitrogen and oxygen atoms in total. The first-order chi connectivity index (χ1) is 12.4. The molecule has 1 fully saturated rings. The summed E-state index contributed by atoms with van der Waals surface area (Å²) in [5.41, 5.74) is -0.823. The van der Waals surface area contributed by atoms with Crippen LogP contribution in [-0.2, 0) is 6.18 Å². The molecule has 0 spiro atoms. The molecule has 0 aliphatic carbocycles. The van der Waals surface area contributed by atoms with Crippen LogP contribution in [0.3, 0.4) is 0 Å². The van der Waals surface area contributed by atoms with Gasteiger partial charge >= 0.3 is 6.18 Å². The number of hydrogen-bond acceptors (Lipinski definition) is 4. The monoisotopic (exact) mass is 364 g/mol. The minimum Gasteiger partial charge on any atom is -0.467 e. The zero-order valence-corrected chi connectivity index (χ0v) is 13.8. The molecular weight excluding hydrogens is 349 g/mol. The molecule has 1 aliphatic heterocycles. The average molecular weight is 364 g/mol. The van der Waals surface area contributed by atoms with E-state index in [0.717, 1.165) is 25.1 Å². The van der Waals surface area contributed by atoms with Gasteiger partial charge in [0.05, 0.1) is 18.5 Å². The normalized spacial score (nSPS) is 18.0. The number of alkyl halides is 3. The third kappa shape index (κ3) is 2.63. The summed E-state index contributed by atoms with van der Waals surface area (Å²) >= 11 is 0. The molecule has 1 saturated heterocycles. The maximum atomic E-state index is 13.3. The maximum Gasteiger partial charge on any atom is 0.433 e. The maximum absolute atomic E-state index is 13.3. The van der Waals surface area contributed by atoms with Gasteiger partial charge in [0, 0.05) is 12.2 Å². The van der Waals surface area contributed by atoms with Crippen LogP contribution in [0.15, 0.2) is 35.1 Å². The van der Waals surface area contributed by atoms with Crippen LogP contribution in [0.25, 0.3) is 5.65 Å². The highest BCUT2D eigenvalue weighted by Crippen LogP contribution is 2.35. The van der Waals surface area contributed by atoms with E-state index in [1.807, 2.05) is 0 Å². The van der Waals surface area contributed by atoms with Gasteiger partial charge in [0.15, 0.2) is 5.65 Å². The zero-order chi connectivity index (χ0) is 18.5. The lowest BCUT2D eigenvalue weighted by atomic mass is 10.1. The molecule has 1 aliphatic rings. The number of carbonyl (C=O) groups excluding carboxylic acids is 1. The van der Waals surface area contributed by atoms with Gasteiger partial charge in [-0.05, 0) is 38.0 Å². The highest BCUT2D eigenvalue weighted by atomic mass is 19.4. The van der Waals surface area contributed by atoms with Crippen molar-refractivity contribution in [2.75, 3.05) is 6.54 Å². The first kappa shape index (κ1) is 16.6. The van der Waals surface area contributed by atoms with Crippen molar-refractivity contribution in [3.63, 3.8) is 0 Å². The number of aryl methyl sites for hydroxylation is 1. The fourth-order valence-electron chi connectivity index (χ4n) is 3.38. The summed E-state index contributed by atoms with van der Waals surface area (Å²) in [4.78, 5) is 18.7. The van der Waals surface area contributed by atoms with Gasteiger partial charge in [-0.3, -0.25) is 4.79 Å². The van der Waals surface area contributed by atoms with Gasteiger partial charge in [0.1, 0.15) is 17.0 Å². The van der Waals surface area contributed by atoms with E-state index in [1.165, 1.54) is 13.2 Å². The lowest BCUT2D eigenvalue weighted by Gasteiger charge is -2.22. The minimum absolute atomic E-state index is 0.0534. The molecule has 0 radical (unpaired) electrons. The van der Waals surface area contributed by atoms with Gasteiger partial charge < -0.3 is 9.32 Å². The first-order valence-corrected chi connectivity index (χ1v) is 8.13. The van der Waals surface area contributed by atoms with Crippen LogP contribution in [0.4, 0.5) is 13.2 Å². The third-order valence-corrected chi connectivity index (χ3v) is 4.51. The molecule has 0 saturated carbocycles. The fraction of sp³-hybridized carbons (Fsp3) is 0.353. The fourth-order valence-corrected chi connectivity index (χ4v) is 3.38. The number of likely N-dealkylation sites (tertiary alicyclic amines) is 1. The number of halogens is 3. The third-order valence-electron chi connectivity index (χ3n) is 4.51. The SMILES string of the molecule is Cc1cc(C(F)(F)F)n2ncc(C(=O)N3CCCC3c3ccco3)c2n1. The standard InChI is InChI=1S/C17H15F3N4O2/c1-10-8-14(17(18,19)20)24-15(22-10)11(9-21-24)16(25)23-6-2-4-12(23)13-5-3-7-26-13/h3,5,7-9,12H,2,4,6H2,1H3. The van der Waals surface area contributed by atoms with Crippen LogP contribution in [0.2, 0.25) is 0 Å². The second-order valence-corrected chi connectivity index (χ2v) is 6.25. The van der Waals surface area contributed by atoms with Crippen molar-refractivity contribution in [2.24, 2.45) is 0 Å². The van der Waals surface area contributed by atoms with Crippen molar-refractivity contribution in [1.82, 2.24) is 19.5 Å². The molecule has 1 atom stereocenters. The molecule has 0 aromatic carbocycles. The lowest BCUT2D eigenvalue weighted by Crippen LogP contribution is -2.30. The van der Waals surface area contributed by atoms with Crippen LogP contribution in [0, 0.1) is 6.92 Å². The predicted octanol–water partition coefficient (Wildman–Crippen LogP) is 3.63. The van der Waals surface area contributed by atoms with Crippen LogP contribution in [0.1, 0.15) is 46.4 Å². The number of rotatable bonds is 2. The molecule has 3 aromatic rings. The van der Waals surface area contributed by atoms with Crippen molar-refractivity contribution in [3.05, 3.63) is 53.4 Å². The molecule has 4 rings (SSSR count). The number of hydrogen-bond donors (Lipinski definition) is 0. The molecule has 0 bridgehead atoms. The lowest BCUT2D eigenvalue weighted by molar-refractivity contribution is -0.142. The largest absolute Gasteiger partial charge is 0.467 e. The Morgan fingerprint density at radius 3 is 2.88 bits per heavy atom. The van der Waals surface area contributed by atoms with Crippen molar-refractivity contribution in [2.45, 2.75) is 32.0 Å². The molecular formula is C17H15F3N4O2. The van der Waals surface area contributed by atoms with E-state index >= 15 is 0 Å². The minimum atomic E-state index is -4.59. The Morgan fingerprint density at radius 1 is 1.38 bits per heavy atom. The van der Waals surface area contributed by atoms with E-state index in [-0.39, 0.29) is 22.9 Å². The topological polar surface area (TPSA) is 63.6 Å². The van der Waals surface area contributed by atoms with Crippen LogP contribution < -0.4 is 0 Å². The molecule has 9 heteroatoms. The smallest absolute Gasteiger partial charge is 0.433 e. The summed E-state index contributed by atoms with van der Waals surface area (Å²) < 4.78 is 45.9. The average Bonchev–Trinajstić information content (AvgIpc) is 3.31. The summed E-state index contributed by atoms with van der Waals surface area (Å²) in [5.74, 6) is 0.262. The van der Waals surface area contributed by atoms with Crippen LogP contribution in [0.5, 0.6) is 0 Å². The second kappa shape index (κ2) is 5.86. The van der Waals surface area contributed by atoms with Crippen molar-refractivity contribution in [3.8, 4) is 0 Å². The molecule has 4 heterocycles. The van der Waals surface area contributed by atoms with Gasteiger partial charge in [-0.2, -0.15) is 18.3 Å². The number of nitrogens with zero attached hydrogens (tertiary/aromatic N) is 4. The Morgan fingerprint density at radius 2 is 2.19 bits per heavy atom. The number of carbonyl (C=O) groups is 1. The molecule has 3 aromatic heterocycles. The van der Waals surface area contributed by atoms with E-state index in [2.05, 4.69) is 10.1 Å². The Hall–Kier alpha value is -2.84. The number of furan rings is 1. The number of fused-ring (bicyclic) bond motifs is 1. The molecule has 136 valence electrons. The van der Waals surface area contributed by atoms with Crippen LogP contribution in [-0.4, -0.2) is 31.9 Å². The summed E-state index contributed by atoms with van der Waals surface area (Å²) in [6.07, 6.45) is -0.388. The van der Waals surface area contributed by atoms with Crippen molar-refractivity contribution >= 4 is 11.6 Å². The van der Waals surface area contributed by atoms with E-state index < -0.39 is 17.8 Å². The van der Waals surface area contributed by atoms with Crippen LogP contribution >= 0.6 is 0 Å². The molecule has 1 amide bonds. The Bertz CT molecular complexity index is 962. The van der Waals surface area contributed by atoms with E-state index in [0.29, 0.717) is 16.8 Å². The zero-order valence-electron chi connectivity index (χ0n) is 13.8.